The third kappa shape index (κ3) is 4.30. The van der Waals surface area contributed by atoms with Crippen molar-refractivity contribution in [3.8, 4) is 17.6 Å². The lowest BCUT2D eigenvalue weighted by Crippen LogP contribution is -2.26. The molecule has 1 atom stereocenters. The first-order chi connectivity index (χ1) is 11.0. The summed E-state index contributed by atoms with van der Waals surface area (Å²) in [4.78, 5) is 23.5. The highest BCUT2D eigenvalue weighted by molar-refractivity contribution is 6.06. The molecule has 0 saturated carbocycles. The first-order valence-electron chi connectivity index (χ1n) is 7.02. The monoisotopic (exact) mass is 316 g/mol. The lowest BCUT2D eigenvalue weighted by Gasteiger charge is -2.18. The van der Waals surface area contributed by atoms with Crippen LogP contribution < -0.4 is 9.47 Å². The van der Waals surface area contributed by atoms with Crippen molar-refractivity contribution < 1.29 is 23.8 Å². The van der Waals surface area contributed by atoms with Crippen molar-refractivity contribution in [3.05, 3.63) is 23.8 Å². The Hall–Kier alpha value is -2.88. The first-order valence-corrected chi connectivity index (χ1v) is 7.02. The van der Waals surface area contributed by atoms with Gasteiger partial charge in [-0.25, -0.2) is 0 Å². The quantitative estimate of drug-likeness (QED) is 0.625. The number of hydrogen-bond acceptors (Lipinski definition) is 7. The highest BCUT2D eigenvalue weighted by Crippen LogP contribution is 2.30. The van der Waals surface area contributed by atoms with Crippen LogP contribution in [0.4, 0.5) is 0 Å². The maximum absolute atomic E-state index is 11.8. The number of carbonyl (C=O) groups excluding carboxylic acids is 2. The zero-order chi connectivity index (χ0) is 16.8. The molecule has 0 aromatic heterocycles. The Balaban J connectivity index is 1.89. The van der Waals surface area contributed by atoms with E-state index in [-0.39, 0.29) is 12.1 Å². The number of nitrogens with one attached hydrogen (secondary N) is 1. The number of benzene rings is 1. The van der Waals surface area contributed by atoms with E-state index in [0.29, 0.717) is 30.3 Å². The van der Waals surface area contributed by atoms with Crippen molar-refractivity contribution >= 4 is 17.5 Å². The number of rotatable bonds is 6. The Bertz CT molecular complexity index is 678. The first kappa shape index (κ1) is 16.5. The normalized spacial score (nSPS) is 13.6. The average molecular weight is 316 g/mol. The SMILES string of the molecule is CC(=N)C(C#N)C(=O)COC(=O)Cc1ccc2c(c1)OCCO2. The van der Waals surface area contributed by atoms with Crippen molar-refractivity contribution in [1.29, 1.82) is 10.7 Å². The standard InChI is InChI=1S/C16H16N2O5/c1-10(18)12(8-17)13(19)9-23-16(20)7-11-2-3-14-15(6-11)22-5-4-21-14/h2-3,6,12,18H,4-5,7,9H2,1H3. The summed E-state index contributed by atoms with van der Waals surface area (Å²) < 4.78 is 15.7. The fourth-order valence-electron chi connectivity index (χ4n) is 2.06. The number of fused-ring (bicyclic) bond motifs is 1. The van der Waals surface area contributed by atoms with Gasteiger partial charge in [-0.05, 0) is 24.6 Å². The zero-order valence-corrected chi connectivity index (χ0v) is 12.6. The molecule has 23 heavy (non-hydrogen) atoms. The minimum atomic E-state index is -1.17. The van der Waals surface area contributed by atoms with Crippen molar-refractivity contribution in [1.82, 2.24) is 0 Å². The molecule has 1 aromatic carbocycles. The Morgan fingerprint density at radius 2 is 2.04 bits per heavy atom. The van der Waals surface area contributed by atoms with Crippen LogP contribution in [-0.2, 0) is 20.7 Å². The second kappa shape index (κ2) is 7.40. The summed E-state index contributed by atoms with van der Waals surface area (Å²) in [6, 6.07) is 6.84. The number of ether oxygens (including phenoxy) is 3. The molecule has 0 bridgehead atoms. The topological polar surface area (TPSA) is 109 Å². The second-order valence-corrected chi connectivity index (χ2v) is 5.03. The maximum Gasteiger partial charge on any atom is 0.310 e. The van der Waals surface area contributed by atoms with E-state index in [1.54, 1.807) is 24.3 Å². The summed E-state index contributed by atoms with van der Waals surface area (Å²) in [6.07, 6.45) is -0.0231. The average Bonchev–Trinajstić information content (AvgIpc) is 2.53. The van der Waals surface area contributed by atoms with Crippen molar-refractivity contribution in [2.24, 2.45) is 5.92 Å². The molecule has 1 N–H and O–H groups in total. The Kier molecular flexibility index (Phi) is 5.31. The van der Waals surface area contributed by atoms with Gasteiger partial charge in [-0.3, -0.25) is 9.59 Å². The van der Waals surface area contributed by atoms with Crippen molar-refractivity contribution in [3.63, 3.8) is 0 Å². The molecule has 0 radical (unpaired) electrons. The molecule has 1 aromatic rings. The van der Waals surface area contributed by atoms with Gasteiger partial charge in [-0.1, -0.05) is 6.07 Å². The third-order valence-electron chi connectivity index (χ3n) is 3.21. The number of hydrogen-bond donors (Lipinski definition) is 1. The van der Waals surface area contributed by atoms with Crippen LogP contribution in [0.1, 0.15) is 12.5 Å². The van der Waals surface area contributed by atoms with Gasteiger partial charge >= 0.3 is 5.97 Å². The molecule has 1 unspecified atom stereocenters. The Morgan fingerprint density at radius 3 is 2.70 bits per heavy atom. The van der Waals surface area contributed by atoms with Gasteiger partial charge in [0.1, 0.15) is 19.1 Å². The molecule has 120 valence electrons. The number of nitriles is 1. The van der Waals surface area contributed by atoms with Crippen LogP contribution in [-0.4, -0.2) is 37.3 Å². The highest BCUT2D eigenvalue weighted by atomic mass is 16.6. The Labute approximate surface area is 133 Å². The predicted octanol–water partition coefficient (Wildman–Crippen LogP) is 1.29. The van der Waals surface area contributed by atoms with Crippen LogP contribution in [0, 0.1) is 22.7 Å². The van der Waals surface area contributed by atoms with E-state index >= 15 is 0 Å². The summed E-state index contributed by atoms with van der Waals surface area (Å²) in [6.45, 7) is 1.79. The Morgan fingerprint density at radius 1 is 1.35 bits per heavy atom. The van der Waals surface area contributed by atoms with E-state index in [9.17, 15) is 9.59 Å². The number of Topliss-reactive ketones (excluding diaryl/α,β-unsaturated/α-hetero) is 1. The molecule has 0 spiro atoms. The van der Waals surface area contributed by atoms with Crippen molar-refractivity contribution in [2.45, 2.75) is 13.3 Å². The van der Waals surface area contributed by atoms with Gasteiger partial charge in [0.05, 0.1) is 12.5 Å². The minimum absolute atomic E-state index is 0.0231. The van der Waals surface area contributed by atoms with Crippen LogP contribution in [0.3, 0.4) is 0 Å². The molecule has 0 saturated heterocycles. The van der Waals surface area contributed by atoms with Gasteiger partial charge in [0.2, 0.25) is 0 Å². The fourth-order valence-corrected chi connectivity index (χ4v) is 2.06. The fraction of sp³-hybridized carbons (Fsp3) is 0.375. The summed E-state index contributed by atoms with van der Waals surface area (Å²) in [5.74, 6) is -1.16. The predicted molar refractivity (Wildman–Crippen MR) is 79.6 cm³/mol. The molecular formula is C16H16N2O5. The van der Waals surface area contributed by atoms with E-state index < -0.39 is 24.3 Å². The number of ketones is 1. The van der Waals surface area contributed by atoms with E-state index in [1.807, 2.05) is 0 Å². The molecule has 7 heteroatoms. The summed E-state index contributed by atoms with van der Waals surface area (Å²) in [7, 11) is 0. The molecule has 7 nitrogen and oxygen atoms in total. The van der Waals surface area contributed by atoms with Crippen molar-refractivity contribution in [2.75, 3.05) is 19.8 Å². The number of nitrogens with zero attached hydrogens (tertiary/aromatic N) is 1. The third-order valence-corrected chi connectivity index (χ3v) is 3.21. The van der Waals surface area contributed by atoms with Crippen LogP contribution in [0.5, 0.6) is 11.5 Å². The maximum atomic E-state index is 11.8. The van der Waals surface area contributed by atoms with Crippen LogP contribution in [0.2, 0.25) is 0 Å². The minimum Gasteiger partial charge on any atom is -0.486 e. The highest BCUT2D eigenvalue weighted by Gasteiger charge is 2.21. The van der Waals surface area contributed by atoms with E-state index in [4.69, 9.17) is 24.9 Å². The van der Waals surface area contributed by atoms with E-state index in [1.165, 1.54) is 6.92 Å². The lowest BCUT2D eigenvalue weighted by molar-refractivity contribution is -0.147. The molecule has 0 amide bonds. The number of esters is 1. The van der Waals surface area contributed by atoms with Gasteiger partial charge in [-0.2, -0.15) is 5.26 Å². The zero-order valence-electron chi connectivity index (χ0n) is 12.6. The largest absolute Gasteiger partial charge is 0.486 e. The van der Waals surface area contributed by atoms with Gasteiger partial charge in [0.15, 0.2) is 23.9 Å². The van der Waals surface area contributed by atoms with Gasteiger partial charge in [-0.15, -0.1) is 0 Å². The van der Waals surface area contributed by atoms with Crippen LogP contribution >= 0.6 is 0 Å². The van der Waals surface area contributed by atoms with Gasteiger partial charge < -0.3 is 19.6 Å². The van der Waals surface area contributed by atoms with Gasteiger partial charge in [0, 0.05) is 5.71 Å². The molecular weight excluding hydrogens is 300 g/mol. The summed E-state index contributed by atoms with van der Waals surface area (Å²) >= 11 is 0. The summed E-state index contributed by atoms with van der Waals surface area (Å²) in [5, 5.41) is 16.1. The van der Waals surface area contributed by atoms with E-state index in [2.05, 4.69) is 0 Å². The summed E-state index contributed by atoms with van der Waals surface area (Å²) in [5.41, 5.74) is 0.604. The molecule has 1 aliphatic heterocycles. The molecule has 1 heterocycles. The molecule has 2 rings (SSSR count). The van der Waals surface area contributed by atoms with Gasteiger partial charge in [0.25, 0.3) is 0 Å². The number of carbonyl (C=O) groups is 2. The van der Waals surface area contributed by atoms with E-state index in [0.717, 1.165) is 0 Å². The molecule has 0 fully saturated rings. The van der Waals surface area contributed by atoms with Crippen LogP contribution in [0.25, 0.3) is 0 Å². The second-order valence-electron chi connectivity index (χ2n) is 5.03. The lowest BCUT2D eigenvalue weighted by atomic mass is 10.0. The molecule has 0 aliphatic carbocycles. The smallest absolute Gasteiger partial charge is 0.310 e. The molecule has 1 aliphatic rings. The van der Waals surface area contributed by atoms with Crippen LogP contribution in [0.15, 0.2) is 18.2 Å².